The quantitative estimate of drug-likeness (QED) is 0.513. The number of carbonyl (C=O) groups is 1. The summed E-state index contributed by atoms with van der Waals surface area (Å²) in [7, 11) is -4.27. The van der Waals surface area contributed by atoms with Crippen LogP contribution < -0.4 is 4.74 Å². The van der Waals surface area contributed by atoms with E-state index in [0.29, 0.717) is 11.7 Å². The average Bonchev–Trinajstić information content (AvgIpc) is 2.54. The SMILES string of the molecule is CCC(C)c1ccc(OC(=O)c2ccc(S(=O)(=O)O)cc2)cc1. The monoisotopic (exact) mass is 334 g/mol. The van der Waals surface area contributed by atoms with Gasteiger partial charge in [0, 0.05) is 0 Å². The van der Waals surface area contributed by atoms with Crippen molar-refractivity contribution in [1.29, 1.82) is 0 Å². The van der Waals surface area contributed by atoms with Gasteiger partial charge in [0.15, 0.2) is 0 Å². The van der Waals surface area contributed by atoms with Gasteiger partial charge in [-0.05, 0) is 54.3 Å². The van der Waals surface area contributed by atoms with E-state index in [1.807, 2.05) is 12.1 Å². The summed E-state index contributed by atoms with van der Waals surface area (Å²) in [6.45, 7) is 4.23. The Morgan fingerprint density at radius 1 is 1.09 bits per heavy atom. The molecule has 0 aliphatic rings. The Kier molecular flexibility index (Phi) is 5.18. The third kappa shape index (κ3) is 4.40. The molecule has 1 unspecified atom stereocenters. The van der Waals surface area contributed by atoms with Crippen molar-refractivity contribution < 1.29 is 22.5 Å². The number of esters is 1. The first-order valence-corrected chi connectivity index (χ1v) is 8.65. The molecule has 1 N–H and O–H groups in total. The molecule has 2 aromatic carbocycles. The molecule has 0 spiro atoms. The lowest BCUT2D eigenvalue weighted by molar-refractivity contribution is 0.0734. The number of hydrogen-bond acceptors (Lipinski definition) is 4. The Labute approximate surface area is 135 Å². The van der Waals surface area contributed by atoms with Crippen LogP contribution in [-0.4, -0.2) is 18.9 Å². The second kappa shape index (κ2) is 6.93. The zero-order valence-corrected chi connectivity index (χ0v) is 13.7. The highest BCUT2D eigenvalue weighted by molar-refractivity contribution is 7.85. The van der Waals surface area contributed by atoms with E-state index in [-0.39, 0.29) is 10.5 Å². The predicted octanol–water partition coefficient (Wildman–Crippen LogP) is 3.67. The molecule has 0 aromatic heterocycles. The fourth-order valence-electron chi connectivity index (χ4n) is 2.03. The Bertz CT molecular complexity index is 777. The van der Waals surface area contributed by atoms with E-state index in [9.17, 15) is 13.2 Å². The van der Waals surface area contributed by atoms with E-state index in [1.165, 1.54) is 17.7 Å². The number of benzene rings is 2. The molecule has 0 amide bonds. The first kappa shape index (κ1) is 17.2. The molecule has 23 heavy (non-hydrogen) atoms. The zero-order valence-electron chi connectivity index (χ0n) is 12.9. The Hall–Kier alpha value is -2.18. The van der Waals surface area contributed by atoms with Gasteiger partial charge in [0.25, 0.3) is 10.1 Å². The zero-order chi connectivity index (χ0) is 17.0. The summed E-state index contributed by atoms with van der Waals surface area (Å²) in [5.41, 5.74) is 1.37. The summed E-state index contributed by atoms with van der Waals surface area (Å²) in [5, 5.41) is 0. The van der Waals surface area contributed by atoms with Crippen molar-refractivity contribution in [3.8, 4) is 5.75 Å². The van der Waals surface area contributed by atoms with Crippen molar-refractivity contribution in [2.24, 2.45) is 0 Å². The molecule has 2 rings (SSSR count). The summed E-state index contributed by atoms with van der Waals surface area (Å²) in [6, 6.07) is 12.2. The van der Waals surface area contributed by atoms with Crippen LogP contribution in [0, 0.1) is 0 Å². The van der Waals surface area contributed by atoms with E-state index in [4.69, 9.17) is 9.29 Å². The molecule has 0 bridgehead atoms. The number of hydrogen-bond donors (Lipinski definition) is 1. The normalized spacial score (nSPS) is 12.7. The molecular weight excluding hydrogens is 316 g/mol. The number of ether oxygens (including phenoxy) is 1. The van der Waals surface area contributed by atoms with Gasteiger partial charge in [0.2, 0.25) is 0 Å². The molecular formula is C17H18O5S. The van der Waals surface area contributed by atoms with Gasteiger partial charge in [0.1, 0.15) is 5.75 Å². The van der Waals surface area contributed by atoms with E-state index in [0.717, 1.165) is 18.6 Å². The maximum atomic E-state index is 12.0. The highest BCUT2D eigenvalue weighted by Crippen LogP contribution is 2.22. The van der Waals surface area contributed by atoms with E-state index < -0.39 is 16.1 Å². The van der Waals surface area contributed by atoms with Crippen LogP contribution in [0.4, 0.5) is 0 Å². The standard InChI is InChI=1S/C17H18O5S/c1-3-12(2)13-4-8-15(9-5-13)22-17(18)14-6-10-16(11-7-14)23(19,20)21/h4-12H,3H2,1-2H3,(H,19,20,21). The lowest BCUT2D eigenvalue weighted by Crippen LogP contribution is -2.09. The van der Waals surface area contributed by atoms with E-state index in [1.54, 1.807) is 12.1 Å². The lowest BCUT2D eigenvalue weighted by atomic mass is 9.99. The predicted molar refractivity (Wildman–Crippen MR) is 86.4 cm³/mol. The Balaban J connectivity index is 2.10. The smallest absolute Gasteiger partial charge is 0.343 e. The fraction of sp³-hybridized carbons (Fsp3) is 0.235. The van der Waals surface area contributed by atoms with Gasteiger partial charge < -0.3 is 4.74 Å². The summed E-state index contributed by atoms with van der Waals surface area (Å²) in [4.78, 5) is 11.7. The second-order valence-electron chi connectivity index (χ2n) is 5.27. The van der Waals surface area contributed by atoms with Crippen LogP contribution in [0.1, 0.15) is 42.1 Å². The molecule has 0 aliphatic heterocycles. The number of carbonyl (C=O) groups excluding carboxylic acids is 1. The van der Waals surface area contributed by atoms with Gasteiger partial charge in [-0.3, -0.25) is 4.55 Å². The van der Waals surface area contributed by atoms with Crippen LogP contribution in [0.3, 0.4) is 0 Å². The van der Waals surface area contributed by atoms with Gasteiger partial charge >= 0.3 is 5.97 Å². The molecule has 0 saturated heterocycles. The highest BCUT2D eigenvalue weighted by atomic mass is 32.2. The van der Waals surface area contributed by atoms with Crippen LogP contribution in [0.15, 0.2) is 53.4 Å². The first-order valence-electron chi connectivity index (χ1n) is 7.21. The molecule has 6 heteroatoms. The first-order chi connectivity index (χ1) is 10.8. The highest BCUT2D eigenvalue weighted by Gasteiger charge is 2.13. The third-order valence-corrected chi connectivity index (χ3v) is 4.53. The summed E-state index contributed by atoms with van der Waals surface area (Å²) < 4.78 is 36.1. The average molecular weight is 334 g/mol. The van der Waals surface area contributed by atoms with Gasteiger partial charge in [-0.2, -0.15) is 8.42 Å². The second-order valence-corrected chi connectivity index (χ2v) is 6.69. The molecule has 0 heterocycles. The molecule has 122 valence electrons. The molecule has 2 aromatic rings. The summed E-state index contributed by atoms with van der Waals surface area (Å²) >= 11 is 0. The van der Waals surface area contributed by atoms with Crippen LogP contribution >= 0.6 is 0 Å². The molecule has 0 aliphatic carbocycles. The topological polar surface area (TPSA) is 80.7 Å². The van der Waals surface area contributed by atoms with Gasteiger partial charge in [0.05, 0.1) is 10.5 Å². The maximum absolute atomic E-state index is 12.0. The van der Waals surface area contributed by atoms with Crippen molar-refractivity contribution >= 4 is 16.1 Å². The Morgan fingerprint density at radius 2 is 1.65 bits per heavy atom. The minimum absolute atomic E-state index is 0.198. The maximum Gasteiger partial charge on any atom is 0.343 e. The van der Waals surface area contributed by atoms with Crippen LogP contribution in [0.5, 0.6) is 5.75 Å². The summed E-state index contributed by atoms with van der Waals surface area (Å²) in [6.07, 6.45) is 1.03. The van der Waals surface area contributed by atoms with Crippen molar-refractivity contribution in [2.45, 2.75) is 31.1 Å². The number of rotatable bonds is 5. The van der Waals surface area contributed by atoms with Gasteiger partial charge in [-0.1, -0.05) is 26.0 Å². The molecule has 5 nitrogen and oxygen atoms in total. The molecule has 0 saturated carbocycles. The van der Waals surface area contributed by atoms with Crippen molar-refractivity contribution in [2.75, 3.05) is 0 Å². The van der Waals surface area contributed by atoms with Crippen LogP contribution in [0.2, 0.25) is 0 Å². The fourth-order valence-corrected chi connectivity index (χ4v) is 2.51. The van der Waals surface area contributed by atoms with Crippen molar-refractivity contribution in [3.05, 3.63) is 59.7 Å². The molecule has 0 fully saturated rings. The van der Waals surface area contributed by atoms with Crippen LogP contribution in [-0.2, 0) is 10.1 Å². The summed E-state index contributed by atoms with van der Waals surface area (Å²) in [5.74, 6) is 0.261. The largest absolute Gasteiger partial charge is 0.423 e. The molecule has 1 atom stereocenters. The van der Waals surface area contributed by atoms with Gasteiger partial charge in [-0.15, -0.1) is 0 Å². The molecule has 0 radical (unpaired) electrons. The lowest BCUT2D eigenvalue weighted by Gasteiger charge is -2.10. The van der Waals surface area contributed by atoms with Crippen molar-refractivity contribution in [3.63, 3.8) is 0 Å². The Morgan fingerprint density at radius 3 is 2.13 bits per heavy atom. The van der Waals surface area contributed by atoms with Gasteiger partial charge in [-0.25, -0.2) is 4.79 Å². The van der Waals surface area contributed by atoms with Crippen molar-refractivity contribution in [1.82, 2.24) is 0 Å². The van der Waals surface area contributed by atoms with E-state index in [2.05, 4.69) is 13.8 Å². The van der Waals surface area contributed by atoms with Crippen LogP contribution in [0.25, 0.3) is 0 Å². The third-order valence-electron chi connectivity index (χ3n) is 3.66. The van der Waals surface area contributed by atoms with E-state index >= 15 is 0 Å². The minimum atomic E-state index is -4.27. The minimum Gasteiger partial charge on any atom is -0.423 e.